The van der Waals surface area contributed by atoms with E-state index < -0.39 is 25.2 Å². The van der Waals surface area contributed by atoms with Gasteiger partial charge in [0.2, 0.25) is 0 Å². The molecule has 0 fully saturated rings. The zero-order valence-electron chi connectivity index (χ0n) is 8.64. The molecule has 0 aliphatic heterocycles. The van der Waals surface area contributed by atoms with Gasteiger partial charge in [0.25, 0.3) is 14.6 Å². The molecule has 1 aromatic heterocycles. The Labute approximate surface area is 102 Å². The van der Waals surface area contributed by atoms with Gasteiger partial charge in [-0.15, -0.1) is 12.3 Å². The number of halogens is 1. The minimum absolute atomic E-state index is 0.208. The molecular formula is C9H9ClN2O4S. The van der Waals surface area contributed by atoms with Gasteiger partial charge in [-0.25, -0.2) is 13.2 Å². The zero-order chi connectivity index (χ0) is 13.1. The third-order valence-electron chi connectivity index (χ3n) is 1.96. The van der Waals surface area contributed by atoms with E-state index in [1.807, 2.05) is 4.98 Å². The van der Waals surface area contributed by atoms with Crippen LogP contribution in [-0.2, 0) is 15.6 Å². The van der Waals surface area contributed by atoms with Crippen LogP contribution in [0.2, 0.25) is 0 Å². The average Bonchev–Trinajstić information content (AvgIpc) is 2.19. The van der Waals surface area contributed by atoms with Crippen LogP contribution in [0.3, 0.4) is 0 Å². The molecule has 0 amide bonds. The van der Waals surface area contributed by atoms with Crippen molar-refractivity contribution in [2.45, 2.75) is 24.3 Å². The molecule has 0 saturated carbocycles. The first-order valence-corrected chi connectivity index (χ1v) is 6.89. The Bertz CT molecular complexity index is 665. The maximum atomic E-state index is 11.3. The highest BCUT2D eigenvalue weighted by Gasteiger charge is 2.16. The van der Waals surface area contributed by atoms with E-state index in [1.165, 1.54) is 0 Å². The second-order valence-corrected chi connectivity index (χ2v) is 5.73. The number of rotatable bonds is 4. The second kappa shape index (κ2) is 5.21. The molecule has 8 heteroatoms. The maximum absolute atomic E-state index is 11.3. The number of nitrogens with zero attached hydrogens (tertiary/aromatic N) is 1. The van der Waals surface area contributed by atoms with Crippen LogP contribution in [0.5, 0.6) is 0 Å². The first-order chi connectivity index (χ1) is 7.86. The Hall–Kier alpha value is -1.52. The first kappa shape index (κ1) is 13.5. The number of H-pyrrole nitrogens is 1. The molecule has 6 nitrogen and oxygen atoms in total. The van der Waals surface area contributed by atoms with Gasteiger partial charge in [-0.05, 0) is 6.42 Å². The fraction of sp³-hybridized carbons (Fsp3) is 0.333. The van der Waals surface area contributed by atoms with Crippen molar-refractivity contribution in [3.63, 3.8) is 0 Å². The van der Waals surface area contributed by atoms with Crippen molar-refractivity contribution in [1.29, 1.82) is 0 Å². The van der Waals surface area contributed by atoms with Crippen LogP contribution < -0.4 is 11.2 Å². The minimum atomic E-state index is -4.17. The van der Waals surface area contributed by atoms with E-state index in [9.17, 15) is 18.0 Å². The van der Waals surface area contributed by atoms with Gasteiger partial charge in [0.1, 0.15) is 0 Å². The van der Waals surface area contributed by atoms with Crippen LogP contribution in [0, 0.1) is 12.3 Å². The standard InChI is InChI=1S/C9H9ClN2O4S/c1-2-3-4-5-12-6-7(17(10,15)16)8(13)11-9(12)14/h1,6H,3-5H2,(H,11,13,14). The predicted octanol–water partition coefficient (Wildman–Crippen LogP) is -0.122. The summed E-state index contributed by atoms with van der Waals surface area (Å²) in [5, 5.41) is 0. The Balaban J connectivity index is 3.22. The number of aromatic nitrogens is 2. The third-order valence-corrected chi connectivity index (χ3v) is 3.28. The van der Waals surface area contributed by atoms with E-state index in [1.54, 1.807) is 0 Å². The highest BCUT2D eigenvalue weighted by Crippen LogP contribution is 2.07. The Morgan fingerprint density at radius 2 is 2.12 bits per heavy atom. The van der Waals surface area contributed by atoms with Crippen LogP contribution >= 0.6 is 10.7 Å². The summed E-state index contributed by atoms with van der Waals surface area (Å²) < 4.78 is 23.1. The molecule has 0 radical (unpaired) electrons. The molecule has 17 heavy (non-hydrogen) atoms. The number of terminal acetylenes is 1. The van der Waals surface area contributed by atoms with Crippen molar-refractivity contribution in [2.75, 3.05) is 0 Å². The van der Waals surface area contributed by atoms with E-state index in [0.717, 1.165) is 10.8 Å². The molecule has 1 rings (SSSR count). The summed E-state index contributed by atoms with van der Waals surface area (Å²) in [4.78, 5) is 23.8. The normalized spacial score (nSPS) is 11.1. The number of nitrogens with one attached hydrogen (secondary N) is 1. The Kier molecular flexibility index (Phi) is 4.15. The molecule has 1 heterocycles. The van der Waals surface area contributed by atoms with Crippen molar-refractivity contribution in [2.24, 2.45) is 0 Å². The van der Waals surface area contributed by atoms with Crippen molar-refractivity contribution < 1.29 is 8.42 Å². The Morgan fingerprint density at radius 3 is 2.65 bits per heavy atom. The topological polar surface area (TPSA) is 89.0 Å². The summed E-state index contributed by atoms with van der Waals surface area (Å²) in [5.74, 6) is 2.38. The number of aromatic amines is 1. The summed E-state index contributed by atoms with van der Waals surface area (Å²) in [6, 6.07) is 0. The lowest BCUT2D eigenvalue weighted by molar-refractivity contribution is 0.587. The molecule has 0 saturated heterocycles. The first-order valence-electron chi connectivity index (χ1n) is 4.58. The average molecular weight is 277 g/mol. The predicted molar refractivity (Wildman–Crippen MR) is 62.4 cm³/mol. The van der Waals surface area contributed by atoms with Gasteiger partial charge < -0.3 is 0 Å². The summed E-state index contributed by atoms with van der Waals surface area (Å²) in [5.41, 5.74) is -1.73. The summed E-state index contributed by atoms with van der Waals surface area (Å²) >= 11 is 0. The van der Waals surface area contributed by atoms with Crippen molar-refractivity contribution in [3.05, 3.63) is 27.0 Å². The van der Waals surface area contributed by atoms with Gasteiger partial charge in [-0.1, -0.05) is 0 Å². The van der Waals surface area contributed by atoms with E-state index in [0.29, 0.717) is 12.8 Å². The van der Waals surface area contributed by atoms with Crippen LogP contribution in [-0.4, -0.2) is 18.0 Å². The molecule has 92 valence electrons. The molecule has 0 bridgehead atoms. The van der Waals surface area contributed by atoms with Crippen molar-refractivity contribution in [3.8, 4) is 12.3 Å². The fourth-order valence-corrected chi connectivity index (χ4v) is 2.04. The third kappa shape index (κ3) is 3.47. The van der Waals surface area contributed by atoms with Crippen molar-refractivity contribution in [1.82, 2.24) is 9.55 Å². The van der Waals surface area contributed by atoms with Crippen LogP contribution in [0.15, 0.2) is 20.7 Å². The maximum Gasteiger partial charge on any atom is 0.328 e. The SMILES string of the molecule is C#CCCCn1cc(S(=O)(=O)Cl)c(=O)[nH]c1=O. The summed E-state index contributed by atoms with van der Waals surface area (Å²) in [7, 11) is 0.879. The number of unbranched alkanes of at least 4 members (excludes halogenated alkanes) is 1. The number of aryl methyl sites for hydroxylation is 1. The molecule has 0 unspecified atom stereocenters. The van der Waals surface area contributed by atoms with Crippen molar-refractivity contribution >= 4 is 19.7 Å². The summed E-state index contributed by atoms with van der Waals surface area (Å²) in [6.45, 7) is 0.208. The smallest absolute Gasteiger partial charge is 0.299 e. The fourth-order valence-electron chi connectivity index (χ4n) is 1.18. The molecule has 0 aliphatic carbocycles. The molecular weight excluding hydrogens is 268 g/mol. The van der Waals surface area contributed by atoms with Crippen LogP contribution in [0.1, 0.15) is 12.8 Å². The number of hydrogen-bond donors (Lipinski definition) is 1. The number of hydrogen-bond acceptors (Lipinski definition) is 4. The van der Waals surface area contributed by atoms with Gasteiger partial charge in [0, 0.05) is 29.8 Å². The van der Waals surface area contributed by atoms with Gasteiger partial charge in [-0.2, -0.15) is 0 Å². The minimum Gasteiger partial charge on any atom is -0.299 e. The van der Waals surface area contributed by atoms with Gasteiger partial charge in [0.05, 0.1) is 0 Å². The highest BCUT2D eigenvalue weighted by atomic mass is 35.7. The Morgan fingerprint density at radius 1 is 1.47 bits per heavy atom. The molecule has 0 aliphatic rings. The largest absolute Gasteiger partial charge is 0.328 e. The quantitative estimate of drug-likeness (QED) is 0.472. The van der Waals surface area contributed by atoms with E-state index >= 15 is 0 Å². The highest BCUT2D eigenvalue weighted by molar-refractivity contribution is 8.13. The molecule has 1 aromatic rings. The lowest BCUT2D eigenvalue weighted by Crippen LogP contribution is -2.32. The van der Waals surface area contributed by atoms with E-state index in [-0.39, 0.29) is 6.54 Å². The lowest BCUT2D eigenvalue weighted by atomic mass is 10.3. The molecule has 0 aromatic carbocycles. The molecule has 1 N–H and O–H groups in total. The van der Waals surface area contributed by atoms with Crippen LogP contribution in [0.4, 0.5) is 0 Å². The van der Waals surface area contributed by atoms with E-state index in [4.69, 9.17) is 17.1 Å². The van der Waals surface area contributed by atoms with E-state index in [2.05, 4.69) is 5.92 Å². The zero-order valence-corrected chi connectivity index (χ0v) is 10.2. The van der Waals surface area contributed by atoms with Crippen LogP contribution in [0.25, 0.3) is 0 Å². The molecule has 0 spiro atoms. The summed E-state index contributed by atoms with van der Waals surface area (Å²) in [6.07, 6.45) is 6.89. The molecule has 0 atom stereocenters. The lowest BCUT2D eigenvalue weighted by Gasteiger charge is -2.04. The monoisotopic (exact) mass is 276 g/mol. The second-order valence-electron chi connectivity index (χ2n) is 3.19. The van der Waals surface area contributed by atoms with Gasteiger partial charge in [-0.3, -0.25) is 14.3 Å². The van der Waals surface area contributed by atoms with Gasteiger partial charge in [0.15, 0.2) is 4.90 Å². The van der Waals surface area contributed by atoms with Gasteiger partial charge >= 0.3 is 5.69 Å².